The largest absolute Gasteiger partial charge is 0.497 e. The second-order valence-electron chi connectivity index (χ2n) is 5.34. The summed E-state index contributed by atoms with van der Waals surface area (Å²) in [6.07, 6.45) is 0.891. The molecule has 0 unspecified atom stereocenters. The smallest absolute Gasteiger partial charge is 0.193 e. The van der Waals surface area contributed by atoms with E-state index in [-0.39, 0.29) is 24.0 Å². The van der Waals surface area contributed by atoms with Gasteiger partial charge in [-0.05, 0) is 40.9 Å². The maximum Gasteiger partial charge on any atom is 0.193 e. The third-order valence-electron chi connectivity index (χ3n) is 3.49. The average molecular weight is 475 g/mol. The average Bonchev–Trinajstić information content (AvgIpc) is 3.11. The van der Waals surface area contributed by atoms with E-state index in [0.29, 0.717) is 6.61 Å². The van der Waals surface area contributed by atoms with Gasteiger partial charge in [0.05, 0.1) is 13.7 Å². The minimum atomic E-state index is 0. The molecule has 25 heavy (non-hydrogen) atoms. The summed E-state index contributed by atoms with van der Waals surface area (Å²) in [7, 11) is 5.50. The number of hydrogen-bond acceptors (Lipinski definition) is 4. The van der Waals surface area contributed by atoms with E-state index in [9.17, 15) is 0 Å². The minimum Gasteiger partial charge on any atom is -0.497 e. The van der Waals surface area contributed by atoms with E-state index in [1.807, 2.05) is 31.3 Å². The number of rotatable bonds is 8. The number of nitrogens with zero attached hydrogens (tertiary/aromatic N) is 2. The van der Waals surface area contributed by atoms with Gasteiger partial charge in [0.2, 0.25) is 0 Å². The number of ether oxygens (including phenoxy) is 2. The molecule has 0 spiro atoms. The lowest BCUT2D eigenvalue weighted by Crippen LogP contribution is -2.39. The summed E-state index contributed by atoms with van der Waals surface area (Å²) in [6, 6.07) is 9.79. The van der Waals surface area contributed by atoms with Gasteiger partial charge in [0.15, 0.2) is 5.96 Å². The molecule has 7 heteroatoms. The number of halogens is 1. The highest BCUT2D eigenvalue weighted by molar-refractivity contribution is 14.0. The van der Waals surface area contributed by atoms with Crippen LogP contribution in [-0.4, -0.2) is 45.2 Å². The number of nitrogens with one attached hydrogen (secondary N) is 1. The van der Waals surface area contributed by atoms with Crippen LogP contribution in [0.5, 0.6) is 11.5 Å². The number of hydrogen-bond donors (Lipinski definition) is 1. The molecule has 2 aromatic rings. The fourth-order valence-corrected chi connectivity index (χ4v) is 2.93. The number of thiophene rings is 1. The first-order chi connectivity index (χ1) is 11.7. The SMILES string of the molecule is CN=C(NCCCOc1cccc(OC)c1)N(C)Cc1ccsc1.I. The van der Waals surface area contributed by atoms with Crippen molar-refractivity contribution in [2.45, 2.75) is 13.0 Å². The molecule has 0 amide bonds. The molecule has 0 aliphatic rings. The van der Waals surface area contributed by atoms with Crippen molar-refractivity contribution in [1.82, 2.24) is 10.2 Å². The van der Waals surface area contributed by atoms with Crippen molar-refractivity contribution in [2.75, 3.05) is 34.4 Å². The Morgan fingerprint density at radius 3 is 2.76 bits per heavy atom. The van der Waals surface area contributed by atoms with Gasteiger partial charge in [0.1, 0.15) is 11.5 Å². The molecule has 1 heterocycles. The fourth-order valence-electron chi connectivity index (χ4n) is 2.27. The van der Waals surface area contributed by atoms with Crippen LogP contribution in [0.1, 0.15) is 12.0 Å². The predicted molar refractivity (Wildman–Crippen MR) is 116 cm³/mol. The van der Waals surface area contributed by atoms with Gasteiger partial charge in [0, 0.05) is 33.3 Å². The summed E-state index contributed by atoms with van der Waals surface area (Å²) in [6.45, 7) is 2.31. The van der Waals surface area contributed by atoms with Crippen molar-refractivity contribution in [3.05, 3.63) is 46.7 Å². The van der Waals surface area contributed by atoms with Crippen LogP contribution in [0.25, 0.3) is 0 Å². The van der Waals surface area contributed by atoms with Crippen LogP contribution in [0.15, 0.2) is 46.1 Å². The van der Waals surface area contributed by atoms with E-state index in [1.165, 1.54) is 5.56 Å². The number of benzene rings is 1. The lowest BCUT2D eigenvalue weighted by atomic mass is 10.3. The maximum atomic E-state index is 5.74. The highest BCUT2D eigenvalue weighted by Crippen LogP contribution is 2.18. The Balaban J connectivity index is 0.00000312. The van der Waals surface area contributed by atoms with Crippen molar-refractivity contribution in [1.29, 1.82) is 0 Å². The van der Waals surface area contributed by atoms with Gasteiger partial charge < -0.3 is 19.7 Å². The van der Waals surface area contributed by atoms with E-state index < -0.39 is 0 Å². The fraction of sp³-hybridized carbons (Fsp3) is 0.389. The van der Waals surface area contributed by atoms with Crippen LogP contribution in [0.3, 0.4) is 0 Å². The molecule has 0 atom stereocenters. The standard InChI is InChI=1S/C18H25N3O2S.HI/c1-19-18(21(2)13-15-8-11-24-14-15)20-9-5-10-23-17-7-4-6-16(12-17)22-3;/h4,6-8,11-12,14H,5,9-10,13H2,1-3H3,(H,19,20);1H. The van der Waals surface area contributed by atoms with Crippen molar-refractivity contribution in [3.63, 3.8) is 0 Å². The van der Waals surface area contributed by atoms with Gasteiger partial charge in [-0.2, -0.15) is 11.3 Å². The van der Waals surface area contributed by atoms with E-state index >= 15 is 0 Å². The summed E-state index contributed by atoms with van der Waals surface area (Å²) >= 11 is 1.71. The van der Waals surface area contributed by atoms with E-state index in [2.05, 4.69) is 32.0 Å². The topological polar surface area (TPSA) is 46.1 Å². The molecule has 0 saturated heterocycles. The van der Waals surface area contributed by atoms with Gasteiger partial charge in [-0.3, -0.25) is 4.99 Å². The Hall–Kier alpha value is -1.48. The summed E-state index contributed by atoms with van der Waals surface area (Å²) in [5.74, 6) is 2.52. The molecule has 2 rings (SSSR count). The highest BCUT2D eigenvalue weighted by Gasteiger charge is 2.06. The second-order valence-corrected chi connectivity index (χ2v) is 6.12. The molecule has 0 saturated carbocycles. The Morgan fingerprint density at radius 2 is 2.08 bits per heavy atom. The molecule has 0 fully saturated rings. The predicted octanol–water partition coefficient (Wildman–Crippen LogP) is 3.85. The summed E-state index contributed by atoms with van der Waals surface area (Å²) < 4.78 is 10.9. The number of methoxy groups -OCH3 is 1. The number of aliphatic imine (C=N–C) groups is 1. The van der Waals surface area contributed by atoms with Crippen LogP contribution < -0.4 is 14.8 Å². The third kappa shape index (κ3) is 7.52. The molecular formula is C18H26IN3O2S. The van der Waals surface area contributed by atoms with Gasteiger partial charge in [-0.1, -0.05) is 6.07 Å². The first-order valence-electron chi connectivity index (χ1n) is 7.92. The van der Waals surface area contributed by atoms with Crippen LogP contribution in [0.2, 0.25) is 0 Å². The highest BCUT2D eigenvalue weighted by atomic mass is 127. The first kappa shape index (κ1) is 21.6. The van der Waals surface area contributed by atoms with Gasteiger partial charge in [0.25, 0.3) is 0 Å². The van der Waals surface area contributed by atoms with Crippen LogP contribution in [0, 0.1) is 0 Å². The van der Waals surface area contributed by atoms with Crippen molar-refractivity contribution < 1.29 is 9.47 Å². The van der Waals surface area contributed by atoms with Crippen molar-refractivity contribution in [3.8, 4) is 11.5 Å². The van der Waals surface area contributed by atoms with E-state index in [4.69, 9.17) is 9.47 Å². The summed E-state index contributed by atoms with van der Waals surface area (Å²) in [5, 5.41) is 7.62. The molecular weight excluding hydrogens is 449 g/mol. The Morgan fingerprint density at radius 1 is 1.28 bits per heavy atom. The zero-order valence-corrected chi connectivity index (χ0v) is 18.0. The zero-order valence-electron chi connectivity index (χ0n) is 14.9. The Bertz CT molecular complexity index is 635. The lowest BCUT2D eigenvalue weighted by Gasteiger charge is -2.21. The summed E-state index contributed by atoms with van der Waals surface area (Å²) in [4.78, 5) is 6.44. The molecule has 138 valence electrons. The van der Waals surface area contributed by atoms with Crippen LogP contribution in [0.4, 0.5) is 0 Å². The van der Waals surface area contributed by atoms with Crippen molar-refractivity contribution >= 4 is 41.3 Å². The minimum absolute atomic E-state index is 0. The normalized spacial score (nSPS) is 10.8. The summed E-state index contributed by atoms with van der Waals surface area (Å²) in [5.41, 5.74) is 1.30. The van der Waals surface area contributed by atoms with Crippen molar-refractivity contribution in [2.24, 2.45) is 4.99 Å². The quantitative estimate of drug-likeness (QED) is 0.273. The second kappa shape index (κ2) is 12.0. The molecule has 0 radical (unpaired) electrons. The molecule has 1 aromatic heterocycles. The maximum absolute atomic E-state index is 5.74. The van der Waals surface area contributed by atoms with E-state index in [0.717, 1.165) is 37.0 Å². The molecule has 0 aliphatic heterocycles. The first-order valence-corrected chi connectivity index (χ1v) is 8.87. The number of guanidine groups is 1. The monoisotopic (exact) mass is 475 g/mol. The molecule has 1 aromatic carbocycles. The van der Waals surface area contributed by atoms with Crippen LogP contribution >= 0.6 is 35.3 Å². The lowest BCUT2D eigenvalue weighted by molar-refractivity contribution is 0.307. The third-order valence-corrected chi connectivity index (χ3v) is 4.22. The van der Waals surface area contributed by atoms with Gasteiger partial charge >= 0.3 is 0 Å². The Kier molecular flexibility index (Phi) is 10.3. The molecule has 0 bridgehead atoms. The van der Waals surface area contributed by atoms with Gasteiger partial charge in [-0.25, -0.2) is 0 Å². The molecule has 5 nitrogen and oxygen atoms in total. The van der Waals surface area contributed by atoms with Crippen LogP contribution in [-0.2, 0) is 6.54 Å². The molecule has 0 aliphatic carbocycles. The molecule has 1 N–H and O–H groups in total. The van der Waals surface area contributed by atoms with E-state index in [1.54, 1.807) is 25.5 Å². The Labute approximate surface area is 171 Å². The van der Waals surface area contributed by atoms with Gasteiger partial charge in [-0.15, -0.1) is 24.0 Å². The zero-order chi connectivity index (χ0) is 17.2.